The maximum Gasteiger partial charge on any atom is 0.341 e. The topological polar surface area (TPSA) is 83.9 Å². The van der Waals surface area contributed by atoms with E-state index in [0.717, 1.165) is 16.7 Å². The first kappa shape index (κ1) is 18.0. The molecule has 0 aliphatic carbocycles. The fourth-order valence-electron chi connectivity index (χ4n) is 2.24. The van der Waals surface area contributed by atoms with Gasteiger partial charge in [-0.3, -0.25) is 9.59 Å². The molecule has 2 amide bonds. The van der Waals surface area contributed by atoms with Crippen LogP contribution in [-0.2, 0) is 9.59 Å². The van der Waals surface area contributed by atoms with Crippen LogP contribution in [0.2, 0.25) is 5.02 Å². The molecule has 1 saturated heterocycles. The molecule has 0 aromatic heterocycles. The normalized spacial score (nSPS) is 15.6. The summed E-state index contributed by atoms with van der Waals surface area (Å²) >= 11 is 6.68. The molecule has 26 heavy (non-hydrogen) atoms. The summed E-state index contributed by atoms with van der Waals surface area (Å²) in [6.07, 6.45) is 1.60. The Kier molecular flexibility index (Phi) is 5.29. The SMILES string of the molecule is O=C(O)COc1ccc(/C=C2/SC(=O)N(c3ccc(Cl)cc3)C2=O)cc1. The number of halogens is 1. The minimum Gasteiger partial charge on any atom is -0.482 e. The highest BCUT2D eigenvalue weighted by Crippen LogP contribution is 2.36. The van der Waals surface area contributed by atoms with Gasteiger partial charge in [-0.15, -0.1) is 0 Å². The number of hydrogen-bond acceptors (Lipinski definition) is 5. The van der Waals surface area contributed by atoms with Crippen molar-refractivity contribution < 1.29 is 24.2 Å². The third-order valence-electron chi connectivity index (χ3n) is 3.42. The number of ether oxygens (including phenoxy) is 1. The molecule has 0 saturated carbocycles. The summed E-state index contributed by atoms with van der Waals surface area (Å²) in [7, 11) is 0. The quantitative estimate of drug-likeness (QED) is 0.777. The van der Waals surface area contributed by atoms with Gasteiger partial charge in [0.1, 0.15) is 5.75 Å². The van der Waals surface area contributed by atoms with Crippen molar-refractivity contribution in [2.45, 2.75) is 0 Å². The summed E-state index contributed by atoms with van der Waals surface area (Å²) in [6, 6.07) is 13.0. The predicted molar refractivity (Wildman–Crippen MR) is 99.5 cm³/mol. The third-order valence-corrected chi connectivity index (χ3v) is 4.54. The average molecular weight is 390 g/mol. The molecule has 0 spiro atoms. The van der Waals surface area contributed by atoms with Crippen LogP contribution in [0, 0.1) is 0 Å². The molecule has 8 heteroatoms. The zero-order chi connectivity index (χ0) is 18.7. The summed E-state index contributed by atoms with van der Waals surface area (Å²) in [4.78, 5) is 36.6. The molecule has 6 nitrogen and oxygen atoms in total. The summed E-state index contributed by atoms with van der Waals surface area (Å²) in [6.45, 7) is -0.431. The lowest BCUT2D eigenvalue weighted by atomic mass is 10.2. The third kappa shape index (κ3) is 4.07. The maximum atomic E-state index is 12.5. The van der Waals surface area contributed by atoms with E-state index in [0.29, 0.717) is 26.9 Å². The number of rotatable bonds is 5. The average Bonchev–Trinajstić information content (AvgIpc) is 2.89. The second-order valence-electron chi connectivity index (χ2n) is 5.24. The van der Waals surface area contributed by atoms with E-state index >= 15 is 0 Å². The second-order valence-corrected chi connectivity index (χ2v) is 6.67. The Bertz CT molecular complexity index is 893. The molecule has 3 rings (SSSR count). The van der Waals surface area contributed by atoms with Crippen LogP contribution in [0.3, 0.4) is 0 Å². The monoisotopic (exact) mass is 389 g/mol. The second kappa shape index (κ2) is 7.63. The van der Waals surface area contributed by atoms with Gasteiger partial charge in [0.15, 0.2) is 6.61 Å². The molecule has 0 bridgehead atoms. The van der Waals surface area contributed by atoms with E-state index in [9.17, 15) is 14.4 Å². The van der Waals surface area contributed by atoms with Gasteiger partial charge in [-0.1, -0.05) is 23.7 Å². The summed E-state index contributed by atoms with van der Waals surface area (Å²) < 4.78 is 5.05. The Hall–Kier alpha value is -2.77. The van der Waals surface area contributed by atoms with Crippen molar-refractivity contribution in [2.75, 3.05) is 11.5 Å². The molecular formula is C18H12ClNO5S. The van der Waals surface area contributed by atoms with Crippen LogP contribution >= 0.6 is 23.4 Å². The molecule has 1 aliphatic heterocycles. The smallest absolute Gasteiger partial charge is 0.341 e. The summed E-state index contributed by atoms with van der Waals surface area (Å²) in [5.74, 6) is -1.07. The van der Waals surface area contributed by atoms with Crippen LogP contribution in [0.5, 0.6) is 5.75 Å². The van der Waals surface area contributed by atoms with Crippen LogP contribution in [0.4, 0.5) is 10.5 Å². The van der Waals surface area contributed by atoms with E-state index in [1.807, 2.05) is 0 Å². The molecule has 1 N–H and O–H groups in total. The lowest BCUT2D eigenvalue weighted by Crippen LogP contribution is -2.27. The van der Waals surface area contributed by atoms with E-state index in [4.69, 9.17) is 21.4 Å². The highest BCUT2D eigenvalue weighted by molar-refractivity contribution is 8.19. The molecule has 0 radical (unpaired) electrons. The van der Waals surface area contributed by atoms with Crippen molar-refractivity contribution >= 4 is 52.2 Å². The molecule has 1 heterocycles. The van der Waals surface area contributed by atoms with Gasteiger partial charge >= 0.3 is 5.97 Å². The van der Waals surface area contributed by atoms with Crippen LogP contribution in [0.15, 0.2) is 53.4 Å². The van der Waals surface area contributed by atoms with Crippen molar-refractivity contribution in [3.63, 3.8) is 0 Å². The lowest BCUT2D eigenvalue weighted by Gasteiger charge is -2.12. The Balaban J connectivity index is 1.77. The van der Waals surface area contributed by atoms with Crippen molar-refractivity contribution in [2.24, 2.45) is 0 Å². The van der Waals surface area contributed by atoms with E-state index in [1.165, 1.54) is 0 Å². The number of hydrogen-bond donors (Lipinski definition) is 1. The fraction of sp³-hybridized carbons (Fsp3) is 0.0556. The van der Waals surface area contributed by atoms with Gasteiger partial charge in [0.2, 0.25) is 0 Å². The molecule has 0 unspecified atom stereocenters. The Morgan fingerprint density at radius 1 is 1.12 bits per heavy atom. The van der Waals surface area contributed by atoms with Crippen LogP contribution in [0.25, 0.3) is 6.08 Å². The van der Waals surface area contributed by atoms with Crippen LogP contribution in [0.1, 0.15) is 5.56 Å². The minimum atomic E-state index is -1.06. The number of imide groups is 1. The number of anilines is 1. The van der Waals surface area contributed by atoms with Crippen molar-refractivity contribution in [1.29, 1.82) is 0 Å². The summed E-state index contributed by atoms with van der Waals surface area (Å²) in [5, 5.41) is 8.72. The van der Waals surface area contributed by atoms with Crippen molar-refractivity contribution in [1.82, 2.24) is 0 Å². The first-order valence-corrected chi connectivity index (χ1v) is 8.61. The zero-order valence-electron chi connectivity index (χ0n) is 13.2. The van der Waals surface area contributed by atoms with Crippen LogP contribution < -0.4 is 9.64 Å². The molecule has 1 aliphatic rings. The fourth-order valence-corrected chi connectivity index (χ4v) is 3.20. The van der Waals surface area contributed by atoms with E-state index in [2.05, 4.69) is 0 Å². The van der Waals surface area contributed by atoms with E-state index < -0.39 is 18.5 Å². The Morgan fingerprint density at radius 3 is 2.38 bits per heavy atom. The van der Waals surface area contributed by atoms with Crippen molar-refractivity contribution in [3.05, 3.63) is 64.0 Å². The number of aliphatic carboxylic acids is 1. The lowest BCUT2D eigenvalue weighted by molar-refractivity contribution is -0.139. The number of carboxylic acid groups (broad SMARTS) is 1. The number of carboxylic acids is 1. The number of carbonyl (C=O) groups is 3. The van der Waals surface area contributed by atoms with Gasteiger partial charge in [0.05, 0.1) is 10.6 Å². The van der Waals surface area contributed by atoms with Gasteiger partial charge in [-0.05, 0) is 59.8 Å². The van der Waals surface area contributed by atoms with E-state index in [1.54, 1.807) is 54.6 Å². The number of amides is 2. The van der Waals surface area contributed by atoms with Gasteiger partial charge in [0, 0.05) is 5.02 Å². The first-order valence-electron chi connectivity index (χ1n) is 7.42. The Labute approximate surface area is 158 Å². The predicted octanol–water partition coefficient (Wildman–Crippen LogP) is 4.04. The molecular weight excluding hydrogens is 378 g/mol. The highest BCUT2D eigenvalue weighted by Gasteiger charge is 2.36. The largest absolute Gasteiger partial charge is 0.482 e. The van der Waals surface area contributed by atoms with Gasteiger partial charge < -0.3 is 9.84 Å². The van der Waals surface area contributed by atoms with Gasteiger partial charge in [-0.2, -0.15) is 0 Å². The molecule has 1 fully saturated rings. The standard InChI is InChI=1S/C18H12ClNO5S/c19-12-3-5-13(6-4-12)20-17(23)15(26-18(20)24)9-11-1-7-14(8-2-11)25-10-16(21)22/h1-9H,10H2,(H,21,22)/b15-9+. The molecule has 132 valence electrons. The Morgan fingerprint density at radius 2 is 1.77 bits per heavy atom. The van der Waals surface area contributed by atoms with Gasteiger partial charge in [0.25, 0.3) is 11.1 Å². The zero-order valence-corrected chi connectivity index (χ0v) is 14.8. The number of thioether (sulfide) groups is 1. The van der Waals surface area contributed by atoms with Crippen LogP contribution in [-0.4, -0.2) is 28.8 Å². The number of carbonyl (C=O) groups excluding carboxylic acids is 2. The maximum absolute atomic E-state index is 12.5. The molecule has 2 aromatic carbocycles. The van der Waals surface area contributed by atoms with Crippen molar-refractivity contribution in [3.8, 4) is 5.75 Å². The molecule has 0 atom stereocenters. The minimum absolute atomic E-state index is 0.296. The van der Waals surface area contributed by atoms with E-state index in [-0.39, 0.29) is 5.24 Å². The number of nitrogens with zero attached hydrogens (tertiary/aromatic N) is 1. The molecule has 2 aromatic rings. The highest BCUT2D eigenvalue weighted by atomic mass is 35.5. The summed E-state index contributed by atoms with van der Waals surface area (Å²) in [5.41, 5.74) is 1.15. The number of benzene rings is 2. The first-order chi connectivity index (χ1) is 12.4. The van der Waals surface area contributed by atoms with Gasteiger partial charge in [-0.25, -0.2) is 9.69 Å².